The van der Waals surface area contributed by atoms with Crippen molar-refractivity contribution < 1.29 is 13.6 Å². The SMILES string of the molecule is O=C(CCc1ncc(-c2ccccc2Cl)o1)Nc1ccc2oc(=O)[nH]c2c1. The molecule has 7 nitrogen and oxygen atoms in total. The van der Waals surface area contributed by atoms with Gasteiger partial charge in [0.1, 0.15) is 0 Å². The number of hydrogen-bond donors (Lipinski definition) is 2. The molecule has 0 aliphatic rings. The van der Waals surface area contributed by atoms with E-state index in [-0.39, 0.29) is 12.3 Å². The summed E-state index contributed by atoms with van der Waals surface area (Å²) in [7, 11) is 0. The second-order valence-corrected chi connectivity index (χ2v) is 6.28. The summed E-state index contributed by atoms with van der Waals surface area (Å²) >= 11 is 6.15. The zero-order chi connectivity index (χ0) is 18.8. The van der Waals surface area contributed by atoms with Crippen LogP contribution in [0.15, 0.2) is 62.3 Å². The van der Waals surface area contributed by atoms with E-state index in [9.17, 15) is 9.59 Å². The smallest absolute Gasteiger partial charge is 0.417 e. The number of halogens is 1. The number of H-pyrrole nitrogens is 1. The van der Waals surface area contributed by atoms with Crippen molar-refractivity contribution in [1.82, 2.24) is 9.97 Å². The molecular weight excluding hydrogens is 370 g/mol. The number of nitrogens with one attached hydrogen (secondary N) is 2. The molecule has 4 aromatic rings. The van der Waals surface area contributed by atoms with Crippen molar-refractivity contribution >= 4 is 34.3 Å². The van der Waals surface area contributed by atoms with E-state index in [1.165, 1.54) is 0 Å². The molecule has 2 heterocycles. The van der Waals surface area contributed by atoms with Crippen LogP contribution in [0.5, 0.6) is 0 Å². The summed E-state index contributed by atoms with van der Waals surface area (Å²) in [6.07, 6.45) is 2.14. The Morgan fingerprint density at radius 2 is 2.04 bits per heavy atom. The number of aryl methyl sites for hydroxylation is 1. The van der Waals surface area contributed by atoms with Gasteiger partial charge in [0.25, 0.3) is 0 Å². The van der Waals surface area contributed by atoms with Crippen LogP contribution >= 0.6 is 11.6 Å². The Labute approximate surface area is 158 Å². The van der Waals surface area contributed by atoms with Gasteiger partial charge in [0.05, 0.1) is 16.7 Å². The summed E-state index contributed by atoms with van der Waals surface area (Å²) in [6, 6.07) is 12.2. The largest absolute Gasteiger partial charge is 0.441 e. The van der Waals surface area contributed by atoms with Gasteiger partial charge >= 0.3 is 5.76 Å². The van der Waals surface area contributed by atoms with Gasteiger partial charge in [0.15, 0.2) is 17.2 Å². The Morgan fingerprint density at radius 1 is 1.19 bits per heavy atom. The number of anilines is 1. The summed E-state index contributed by atoms with van der Waals surface area (Å²) in [5.41, 5.74) is 2.28. The average Bonchev–Trinajstić information content (AvgIpc) is 3.25. The van der Waals surface area contributed by atoms with Gasteiger partial charge in [0.2, 0.25) is 5.91 Å². The van der Waals surface area contributed by atoms with E-state index in [0.29, 0.717) is 39.9 Å². The zero-order valence-corrected chi connectivity index (χ0v) is 14.7. The molecule has 0 atom stereocenters. The van der Waals surface area contributed by atoms with Crippen molar-refractivity contribution in [3.05, 3.63) is 70.1 Å². The second-order valence-electron chi connectivity index (χ2n) is 5.87. The molecule has 4 rings (SSSR count). The molecule has 0 saturated heterocycles. The summed E-state index contributed by atoms with van der Waals surface area (Å²) in [5.74, 6) is 0.282. The fourth-order valence-electron chi connectivity index (χ4n) is 2.69. The van der Waals surface area contributed by atoms with Gasteiger partial charge in [-0.2, -0.15) is 0 Å². The van der Waals surface area contributed by atoms with Gasteiger partial charge in [0, 0.05) is 24.1 Å². The highest BCUT2D eigenvalue weighted by Crippen LogP contribution is 2.28. The number of oxazole rings is 2. The lowest BCUT2D eigenvalue weighted by atomic mass is 10.2. The lowest BCUT2D eigenvalue weighted by Gasteiger charge is -2.04. The third-order valence-electron chi connectivity index (χ3n) is 3.96. The van der Waals surface area contributed by atoms with Crippen LogP contribution in [0.25, 0.3) is 22.4 Å². The fraction of sp³-hybridized carbons (Fsp3) is 0.105. The normalized spacial score (nSPS) is 11.0. The van der Waals surface area contributed by atoms with Crippen LogP contribution in [-0.4, -0.2) is 15.9 Å². The van der Waals surface area contributed by atoms with Gasteiger partial charge in [-0.15, -0.1) is 0 Å². The third-order valence-corrected chi connectivity index (χ3v) is 4.29. The lowest BCUT2D eigenvalue weighted by molar-refractivity contribution is -0.116. The molecule has 27 heavy (non-hydrogen) atoms. The Balaban J connectivity index is 1.39. The van der Waals surface area contributed by atoms with Crippen LogP contribution in [0, 0.1) is 0 Å². The number of benzene rings is 2. The standard InChI is InChI=1S/C19H14ClN3O4/c20-13-4-2-1-3-12(13)16-10-21-18(26-16)8-7-17(24)22-11-5-6-15-14(9-11)23-19(25)27-15/h1-6,9-10H,7-8H2,(H,22,24)(H,23,25). The molecule has 0 bridgehead atoms. The summed E-state index contributed by atoms with van der Waals surface area (Å²) in [6.45, 7) is 0. The van der Waals surface area contributed by atoms with Gasteiger partial charge in [-0.3, -0.25) is 9.78 Å². The lowest BCUT2D eigenvalue weighted by Crippen LogP contribution is -2.12. The third kappa shape index (κ3) is 3.78. The first-order chi connectivity index (χ1) is 13.1. The van der Waals surface area contributed by atoms with Crippen LogP contribution in [0.1, 0.15) is 12.3 Å². The molecule has 0 radical (unpaired) electrons. The van der Waals surface area contributed by atoms with E-state index in [1.54, 1.807) is 30.5 Å². The van der Waals surface area contributed by atoms with Crippen LogP contribution in [0.4, 0.5) is 5.69 Å². The van der Waals surface area contributed by atoms with Crippen LogP contribution < -0.4 is 11.1 Å². The average molecular weight is 384 g/mol. The molecule has 8 heteroatoms. The molecule has 2 aromatic heterocycles. The van der Waals surface area contributed by atoms with E-state index < -0.39 is 5.76 Å². The molecule has 2 aromatic carbocycles. The summed E-state index contributed by atoms with van der Waals surface area (Å²) < 4.78 is 10.6. The van der Waals surface area contributed by atoms with Gasteiger partial charge < -0.3 is 14.2 Å². The molecule has 0 spiro atoms. The van der Waals surface area contributed by atoms with Crippen molar-refractivity contribution in [2.45, 2.75) is 12.8 Å². The van der Waals surface area contributed by atoms with Crippen molar-refractivity contribution in [2.24, 2.45) is 0 Å². The molecule has 0 aliphatic carbocycles. The predicted molar refractivity (Wildman–Crippen MR) is 101 cm³/mol. The molecule has 0 fully saturated rings. The topological polar surface area (TPSA) is 101 Å². The van der Waals surface area contributed by atoms with Gasteiger partial charge in [-0.1, -0.05) is 23.7 Å². The monoisotopic (exact) mass is 383 g/mol. The minimum Gasteiger partial charge on any atom is -0.441 e. The number of rotatable bonds is 5. The highest BCUT2D eigenvalue weighted by Gasteiger charge is 2.11. The molecule has 0 unspecified atom stereocenters. The summed E-state index contributed by atoms with van der Waals surface area (Å²) in [4.78, 5) is 30.1. The van der Waals surface area contributed by atoms with Crippen LogP contribution in [0.2, 0.25) is 5.02 Å². The molecule has 2 N–H and O–H groups in total. The maximum absolute atomic E-state index is 12.2. The van der Waals surface area contributed by atoms with Crippen LogP contribution in [0.3, 0.4) is 0 Å². The predicted octanol–water partition coefficient (Wildman–Crippen LogP) is 4.00. The quantitative estimate of drug-likeness (QED) is 0.542. The number of hydrogen-bond acceptors (Lipinski definition) is 5. The zero-order valence-electron chi connectivity index (χ0n) is 14.0. The number of amides is 1. The highest BCUT2D eigenvalue weighted by atomic mass is 35.5. The number of carbonyl (C=O) groups is 1. The maximum atomic E-state index is 12.2. The van der Waals surface area contributed by atoms with Gasteiger partial charge in [-0.25, -0.2) is 9.78 Å². The first-order valence-corrected chi connectivity index (χ1v) is 8.58. The molecular formula is C19H14ClN3O4. The minimum absolute atomic E-state index is 0.197. The van der Waals surface area contributed by atoms with E-state index in [0.717, 1.165) is 5.56 Å². The molecule has 136 valence electrons. The number of aromatic amines is 1. The Bertz CT molecular complexity index is 1170. The molecule has 1 amide bonds. The number of nitrogens with zero attached hydrogens (tertiary/aromatic N) is 1. The van der Waals surface area contributed by atoms with E-state index >= 15 is 0 Å². The fourth-order valence-corrected chi connectivity index (χ4v) is 2.91. The number of fused-ring (bicyclic) bond motifs is 1. The second kappa shape index (κ2) is 7.13. The highest BCUT2D eigenvalue weighted by molar-refractivity contribution is 6.33. The van der Waals surface area contributed by atoms with E-state index in [2.05, 4.69) is 15.3 Å². The number of aromatic nitrogens is 2. The van der Waals surface area contributed by atoms with Crippen molar-refractivity contribution in [3.8, 4) is 11.3 Å². The summed E-state index contributed by atoms with van der Waals surface area (Å²) in [5, 5.41) is 3.34. The first-order valence-electron chi connectivity index (χ1n) is 8.21. The Hall–Kier alpha value is -3.32. The molecule has 0 aliphatic heterocycles. The Kier molecular flexibility index (Phi) is 4.52. The number of carbonyl (C=O) groups excluding carboxylic acids is 1. The van der Waals surface area contributed by atoms with Crippen LogP contribution in [-0.2, 0) is 11.2 Å². The van der Waals surface area contributed by atoms with Crippen molar-refractivity contribution in [2.75, 3.05) is 5.32 Å². The van der Waals surface area contributed by atoms with E-state index in [4.69, 9.17) is 20.4 Å². The first kappa shape index (κ1) is 17.1. The van der Waals surface area contributed by atoms with Gasteiger partial charge in [-0.05, 0) is 30.3 Å². The van der Waals surface area contributed by atoms with Crippen molar-refractivity contribution in [1.29, 1.82) is 0 Å². The van der Waals surface area contributed by atoms with Crippen molar-refractivity contribution in [3.63, 3.8) is 0 Å². The maximum Gasteiger partial charge on any atom is 0.417 e. The Morgan fingerprint density at radius 3 is 2.89 bits per heavy atom. The molecule has 0 saturated carbocycles. The van der Waals surface area contributed by atoms with E-state index in [1.807, 2.05) is 18.2 Å². The minimum atomic E-state index is -0.535.